The van der Waals surface area contributed by atoms with E-state index in [9.17, 15) is 4.21 Å². The van der Waals surface area contributed by atoms with Crippen molar-refractivity contribution in [1.29, 1.82) is 0 Å². The SMILES string of the molecule is O=S1CCC(NCCCO)CC1. The summed E-state index contributed by atoms with van der Waals surface area (Å²) in [6.07, 6.45) is 2.87. The molecular weight excluding hydrogens is 174 g/mol. The van der Waals surface area contributed by atoms with Crippen LogP contribution in [-0.2, 0) is 10.8 Å². The van der Waals surface area contributed by atoms with E-state index in [0.717, 1.165) is 37.3 Å². The molecular formula is C8H17NO2S. The third kappa shape index (κ3) is 3.65. The van der Waals surface area contributed by atoms with Crippen LogP contribution in [0.4, 0.5) is 0 Å². The van der Waals surface area contributed by atoms with Crippen LogP contribution in [0.3, 0.4) is 0 Å². The molecule has 0 bridgehead atoms. The lowest BCUT2D eigenvalue weighted by molar-refractivity contribution is 0.282. The number of hydrogen-bond donors (Lipinski definition) is 2. The normalized spacial score (nSPS) is 30.4. The number of hydrogen-bond acceptors (Lipinski definition) is 3. The molecule has 1 aliphatic heterocycles. The van der Waals surface area contributed by atoms with Crippen molar-refractivity contribution in [2.24, 2.45) is 0 Å². The molecule has 0 aromatic rings. The highest BCUT2D eigenvalue weighted by Crippen LogP contribution is 2.08. The van der Waals surface area contributed by atoms with Gasteiger partial charge in [0.2, 0.25) is 0 Å². The Morgan fingerprint density at radius 2 is 2.08 bits per heavy atom. The van der Waals surface area contributed by atoms with Gasteiger partial charge in [0.25, 0.3) is 0 Å². The quantitative estimate of drug-likeness (QED) is 0.609. The van der Waals surface area contributed by atoms with E-state index in [2.05, 4.69) is 5.32 Å². The summed E-state index contributed by atoms with van der Waals surface area (Å²) in [6, 6.07) is 0.536. The monoisotopic (exact) mass is 191 g/mol. The summed E-state index contributed by atoms with van der Waals surface area (Å²) in [5.41, 5.74) is 0. The lowest BCUT2D eigenvalue weighted by Gasteiger charge is -2.22. The molecule has 0 spiro atoms. The van der Waals surface area contributed by atoms with Gasteiger partial charge in [-0.3, -0.25) is 4.21 Å². The van der Waals surface area contributed by atoms with E-state index in [4.69, 9.17) is 5.11 Å². The first kappa shape index (κ1) is 10.2. The third-order valence-electron chi connectivity index (χ3n) is 2.16. The van der Waals surface area contributed by atoms with Gasteiger partial charge in [0.15, 0.2) is 0 Å². The van der Waals surface area contributed by atoms with Crippen LogP contribution in [0, 0.1) is 0 Å². The Bertz CT molecular complexity index is 142. The minimum atomic E-state index is -0.558. The van der Waals surface area contributed by atoms with Crippen molar-refractivity contribution in [1.82, 2.24) is 5.32 Å². The van der Waals surface area contributed by atoms with E-state index in [0.29, 0.717) is 6.04 Å². The van der Waals surface area contributed by atoms with Crippen LogP contribution in [0.2, 0.25) is 0 Å². The smallest absolute Gasteiger partial charge is 0.0443 e. The number of rotatable bonds is 4. The third-order valence-corrected chi connectivity index (χ3v) is 3.54. The van der Waals surface area contributed by atoms with E-state index >= 15 is 0 Å². The van der Waals surface area contributed by atoms with Crippen LogP contribution in [-0.4, -0.2) is 40.0 Å². The van der Waals surface area contributed by atoms with Gasteiger partial charge in [-0.15, -0.1) is 0 Å². The fraction of sp³-hybridized carbons (Fsp3) is 1.00. The van der Waals surface area contributed by atoms with Gasteiger partial charge in [0.05, 0.1) is 0 Å². The molecule has 0 aliphatic carbocycles. The van der Waals surface area contributed by atoms with E-state index in [-0.39, 0.29) is 6.61 Å². The summed E-state index contributed by atoms with van der Waals surface area (Å²) in [6.45, 7) is 1.14. The molecule has 1 heterocycles. The lowest BCUT2D eigenvalue weighted by Crippen LogP contribution is -2.36. The fourth-order valence-electron chi connectivity index (χ4n) is 1.38. The van der Waals surface area contributed by atoms with Crippen LogP contribution in [0.25, 0.3) is 0 Å². The van der Waals surface area contributed by atoms with Gasteiger partial charge in [-0.2, -0.15) is 0 Å². The first-order chi connectivity index (χ1) is 5.83. The van der Waals surface area contributed by atoms with Crippen LogP contribution < -0.4 is 5.32 Å². The Kier molecular flexibility index (Phi) is 4.80. The Morgan fingerprint density at radius 3 is 2.67 bits per heavy atom. The number of nitrogens with one attached hydrogen (secondary N) is 1. The predicted octanol–water partition coefficient (Wildman–Crippen LogP) is -0.131. The van der Waals surface area contributed by atoms with Gasteiger partial charge in [-0.05, 0) is 25.8 Å². The van der Waals surface area contributed by atoms with Crippen LogP contribution in [0.5, 0.6) is 0 Å². The highest BCUT2D eigenvalue weighted by atomic mass is 32.2. The maximum atomic E-state index is 11.0. The minimum Gasteiger partial charge on any atom is -0.396 e. The minimum absolute atomic E-state index is 0.256. The maximum Gasteiger partial charge on any atom is 0.0443 e. The van der Waals surface area contributed by atoms with Crippen LogP contribution in [0.1, 0.15) is 19.3 Å². The van der Waals surface area contributed by atoms with Crippen molar-refractivity contribution in [3.8, 4) is 0 Å². The summed E-state index contributed by atoms with van der Waals surface area (Å²) in [5, 5.41) is 11.9. The second-order valence-corrected chi connectivity index (χ2v) is 4.85. The Hall–Kier alpha value is 0.0700. The van der Waals surface area contributed by atoms with Gasteiger partial charge < -0.3 is 10.4 Å². The highest BCUT2D eigenvalue weighted by molar-refractivity contribution is 7.85. The zero-order valence-electron chi connectivity index (χ0n) is 7.29. The average molecular weight is 191 g/mol. The van der Waals surface area contributed by atoms with E-state index in [1.807, 2.05) is 0 Å². The standard InChI is InChI=1S/C8H17NO2S/c10-5-1-4-9-8-2-6-12(11)7-3-8/h8-10H,1-7H2. The fourth-order valence-corrected chi connectivity index (χ4v) is 2.68. The van der Waals surface area contributed by atoms with Crippen molar-refractivity contribution < 1.29 is 9.32 Å². The molecule has 72 valence electrons. The van der Waals surface area contributed by atoms with Gasteiger partial charge >= 0.3 is 0 Å². The molecule has 0 amide bonds. The number of aliphatic hydroxyl groups is 1. The molecule has 0 unspecified atom stereocenters. The molecule has 1 aliphatic rings. The Labute approximate surface area is 76.0 Å². The molecule has 2 N–H and O–H groups in total. The van der Waals surface area contributed by atoms with E-state index in [1.165, 1.54) is 0 Å². The Balaban J connectivity index is 2.05. The van der Waals surface area contributed by atoms with Gasteiger partial charge in [-0.25, -0.2) is 0 Å². The molecule has 0 radical (unpaired) electrons. The highest BCUT2D eigenvalue weighted by Gasteiger charge is 2.16. The van der Waals surface area contributed by atoms with Crippen LogP contribution >= 0.6 is 0 Å². The van der Waals surface area contributed by atoms with Gasteiger partial charge in [0, 0.05) is 35.0 Å². The van der Waals surface area contributed by atoms with Gasteiger partial charge in [-0.1, -0.05) is 0 Å². The summed E-state index contributed by atoms with van der Waals surface area (Å²) < 4.78 is 11.0. The molecule has 1 saturated heterocycles. The van der Waals surface area contributed by atoms with Crippen molar-refractivity contribution in [2.75, 3.05) is 24.7 Å². The number of aliphatic hydroxyl groups excluding tert-OH is 1. The summed E-state index contributed by atoms with van der Waals surface area (Å²) >= 11 is 0. The Morgan fingerprint density at radius 1 is 1.42 bits per heavy atom. The van der Waals surface area contributed by atoms with Crippen molar-refractivity contribution >= 4 is 10.8 Å². The van der Waals surface area contributed by atoms with E-state index < -0.39 is 10.8 Å². The molecule has 0 aromatic carbocycles. The van der Waals surface area contributed by atoms with Crippen molar-refractivity contribution in [3.05, 3.63) is 0 Å². The molecule has 0 saturated carbocycles. The summed E-state index contributed by atoms with van der Waals surface area (Å²) in [5.74, 6) is 1.69. The van der Waals surface area contributed by atoms with Crippen LogP contribution in [0.15, 0.2) is 0 Å². The first-order valence-corrected chi connectivity index (χ1v) is 6.01. The average Bonchev–Trinajstić information content (AvgIpc) is 2.09. The topological polar surface area (TPSA) is 49.3 Å². The lowest BCUT2D eigenvalue weighted by atomic mass is 10.1. The second-order valence-electron chi connectivity index (χ2n) is 3.15. The van der Waals surface area contributed by atoms with Crippen molar-refractivity contribution in [3.63, 3.8) is 0 Å². The van der Waals surface area contributed by atoms with Gasteiger partial charge in [0.1, 0.15) is 0 Å². The molecule has 4 heteroatoms. The molecule has 0 aromatic heterocycles. The zero-order valence-corrected chi connectivity index (χ0v) is 8.11. The predicted molar refractivity (Wildman–Crippen MR) is 50.6 cm³/mol. The molecule has 12 heavy (non-hydrogen) atoms. The molecule has 3 nitrogen and oxygen atoms in total. The molecule has 1 fully saturated rings. The van der Waals surface area contributed by atoms with E-state index in [1.54, 1.807) is 0 Å². The second kappa shape index (κ2) is 5.67. The first-order valence-electron chi connectivity index (χ1n) is 4.52. The molecule has 1 rings (SSSR count). The summed E-state index contributed by atoms with van der Waals surface area (Å²) in [7, 11) is -0.558. The van der Waals surface area contributed by atoms with Crippen molar-refractivity contribution in [2.45, 2.75) is 25.3 Å². The maximum absolute atomic E-state index is 11.0. The largest absolute Gasteiger partial charge is 0.396 e. The summed E-state index contributed by atoms with van der Waals surface area (Å²) in [4.78, 5) is 0. The molecule has 0 atom stereocenters. The zero-order chi connectivity index (χ0) is 8.81.